The van der Waals surface area contributed by atoms with Gasteiger partial charge in [-0.05, 0) is 29.8 Å². The first-order chi connectivity index (χ1) is 10.3. The number of benzene rings is 1. The summed E-state index contributed by atoms with van der Waals surface area (Å²) in [7, 11) is 1.33. The van der Waals surface area contributed by atoms with E-state index < -0.39 is 5.97 Å². The van der Waals surface area contributed by atoms with Crippen LogP contribution in [0.25, 0.3) is 28.8 Å². The molecule has 2 aromatic heterocycles. The summed E-state index contributed by atoms with van der Waals surface area (Å²) in [4.78, 5) is 19.6. The zero-order chi connectivity index (χ0) is 14.7. The molecule has 0 aliphatic rings. The standard InChI is InChI=1S/C16H12N2O3/c1-20-14(19)8-7-11-9-13-15(17-10-11)18-16(21-13)12-5-3-2-4-6-12/h2-10H,1H3/b8-7+. The second-order valence-electron chi connectivity index (χ2n) is 4.33. The first kappa shape index (κ1) is 13.1. The first-order valence-corrected chi connectivity index (χ1v) is 6.34. The van der Waals surface area contributed by atoms with Crippen LogP contribution in [-0.4, -0.2) is 23.0 Å². The van der Waals surface area contributed by atoms with Gasteiger partial charge >= 0.3 is 5.97 Å². The topological polar surface area (TPSA) is 65.2 Å². The maximum absolute atomic E-state index is 11.1. The molecule has 5 heteroatoms. The highest BCUT2D eigenvalue weighted by molar-refractivity contribution is 5.87. The minimum atomic E-state index is -0.419. The van der Waals surface area contributed by atoms with Gasteiger partial charge in [0, 0.05) is 17.8 Å². The number of oxazole rings is 1. The summed E-state index contributed by atoms with van der Waals surface area (Å²) in [5.74, 6) is 0.102. The van der Waals surface area contributed by atoms with Crippen molar-refractivity contribution in [2.24, 2.45) is 0 Å². The zero-order valence-corrected chi connectivity index (χ0v) is 11.3. The van der Waals surface area contributed by atoms with Crippen LogP contribution in [-0.2, 0) is 9.53 Å². The Kier molecular flexibility index (Phi) is 3.47. The second kappa shape index (κ2) is 5.58. The van der Waals surface area contributed by atoms with E-state index in [0.717, 1.165) is 11.1 Å². The minimum absolute atomic E-state index is 0.419. The van der Waals surface area contributed by atoms with E-state index in [1.807, 2.05) is 30.3 Å². The molecule has 104 valence electrons. The van der Waals surface area contributed by atoms with Gasteiger partial charge in [0.25, 0.3) is 0 Å². The van der Waals surface area contributed by atoms with Gasteiger partial charge in [-0.25, -0.2) is 9.78 Å². The van der Waals surface area contributed by atoms with Crippen molar-refractivity contribution in [2.45, 2.75) is 0 Å². The molecule has 0 N–H and O–H groups in total. The van der Waals surface area contributed by atoms with Gasteiger partial charge in [0.1, 0.15) is 0 Å². The summed E-state index contributed by atoms with van der Waals surface area (Å²) in [6.45, 7) is 0. The molecule has 0 bridgehead atoms. The predicted molar refractivity (Wildman–Crippen MR) is 78.3 cm³/mol. The first-order valence-electron chi connectivity index (χ1n) is 6.34. The third-order valence-electron chi connectivity index (χ3n) is 2.90. The summed E-state index contributed by atoms with van der Waals surface area (Å²) < 4.78 is 10.2. The molecular weight excluding hydrogens is 268 g/mol. The number of hydrogen-bond donors (Lipinski definition) is 0. The van der Waals surface area contributed by atoms with Gasteiger partial charge in [-0.1, -0.05) is 18.2 Å². The van der Waals surface area contributed by atoms with Gasteiger partial charge in [0.2, 0.25) is 5.89 Å². The summed E-state index contributed by atoms with van der Waals surface area (Å²) in [5, 5.41) is 0. The van der Waals surface area contributed by atoms with Crippen molar-refractivity contribution >= 4 is 23.3 Å². The lowest BCUT2D eigenvalue weighted by Gasteiger charge is -1.92. The molecule has 0 fully saturated rings. The maximum Gasteiger partial charge on any atom is 0.330 e. The molecule has 0 aliphatic heterocycles. The summed E-state index contributed by atoms with van der Waals surface area (Å²) in [6.07, 6.45) is 4.57. The van der Waals surface area contributed by atoms with Gasteiger partial charge in [-0.3, -0.25) is 0 Å². The molecule has 0 spiro atoms. The Labute approximate surface area is 120 Å². The molecular formula is C16H12N2O3. The highest BCUT2D eigenvalue weighted by atomic mass is 16.5. The Morgan fingerprint density at radius 1 is 1.29 bits per heavy atom. The van der Waals surface area contributed by atoms with Crippen molar-refractivity contribution in [1.82, 2.24) is 9.97 Å². The number of rotatable bonds is 3. The Morgan fingerprint density at radius 3 is 2.86 bits per heavy atom. The molecule has 3 aromatic rings. The lowest BCUT2D eigenvalue weighted by atomic mass is 10.2. The van der Waals surface area contributed by atoms with E-state index in [1.54, 1.807) is 18.3 Å². The molecule has 0 amide bonds. The SMILES string of the molecule is COC(=O)/C=C/c1cnc2nc(-c3ccccc3)oc2c1. The molecule has 3 rings (SSSR count). The summed E-state index contributed by atoms with van der Waals surface area (Å²) >= 11 is 0. The highest BCUT2D eigenvalue weighted by Gasteiger charge is 2.08. The molecule has 0 unspecified atom stereocenters. The van der Waals surface area contributed by atoms with E-state index in [2.05, 4.69) is 14.7 Å². The van der Waals surface area contributed by atoms with Crippen LogP contribution in [0.1, 0.15) is 5.56 Å². The molecule has 0 saturated heterocycles. The van der Waals surface area contributed by atoms with Crippen LogP contribution < -0.4 is 0 Å². The van der Waals surface area contributed by atoms with Crippen LogP contribution in [0.2, 0.25) is 0 Å². The van der Waals surface area contributed by atoms with Crippen molar-refractivity contribution in [3.05, 3.63) is 54.2 Å². The summed E-state index contributed by atoms with van der Waals surface area (Å²) in [6, 6.07) is 11.4. The molecule has 0 radical (unpaired) electrons. The average molecular weight is 280 g/mol. The fourth-order valence-electron chi connectivity index (χ4n) is 1.86. The normalized spacial score (nSPS) is 11.1. The maximum atomic E-state index is 11.1. The van der Waals surface area contributed by atoms with Crippen LogP contribution in [0.4, 0.5) is 0 Å². The van der Waals surface area contributed by atoms with Crippen LogP contribution in [0.5, 0.6) is 0 Å². The van der Waals surface area contributed by atoms with E-state index in [0.29, 0.717) is 17.1 Å². The zero-order valence-electron chi connectivity index (χ0n) is 11.3. The number of methoxy groups -OCH3 is 1. The molecule has 1 aromatic carbocycles. The molecule has 0 aliphatic carbocycles. The average Bonchev–Trinajstić information content (AvgIpc) is 2.96. The van der Waals surface area contributed by atoms with Crippen molar-refractivity contribution in [3.8, 4) is 11.5 Å². The predicted octanol–water partition coefficient (Wildman–Crippen LogP) is 3.08. The molecule has 0 saturated carbocycles. The Balaban J connectivity index is 1.96. The monoisotopic (exact) mass is 280 g/mol. The van der Waals surface area contributed by atoms with E-state index >= 15 is 0 Å². The molecule has 21 heavy (non-hydrogen) atoms. The van der Waals surface area contributed by atoms with Gasteiger partial charge in [-0.2, -0.15) is 4.98 Å². The van der Waals surface area contributed by atoms with Crippen LogP contribution in [0.3, 0.4) is 0 Å². The largest absolute Gasteiger partial charge is 0.466 e. The number of hydrogen-bond acceptors (Lipinski definition) is 5. The Hall–Kier alpha value is -2.95. The third-order valence-corrected chi connectivity index (χ3v) is 2.90. The van der Waals surface area contributed by atoms with Gasteiger partial charge in [0.15, 0.2) is 11.2 Å². The van der Waals surface area contributed by atoms with Crippen molar-refractivity contribution in [1.29, 1.82) is 0 Å². The fraction of sp³-hybridized carbons (Fsp3) is 0.0625. The van der Waals surface area contributed by atoms with Crippen LogP contribution in [0.15, 0.2) is 53.1 Å². The van der Waals surface area contributed by atoms with Crippen molar-refractivity contribution in [2.75, 3.05) is 7.11 Å². The quantitative estimate of drug-likeness (QED) is 0.545. The highest BCUT2D eigenvalue weighted by Crippen LogP contribution is 2.23. The number of esters is 1. The van der Waals surface area contributed by atoms with Gasteiger partial charge in [0.05, 0.1) is 7.11 Å². The number of nitrogens with zero attached hydrogens (tertiary/aromatic N) is 2. The van der Waals surface area contributed by atoms with Crippen LogP contribution in [0, 0.1) is 0 Å². The Bertz CT molecular complexity index is 807. The van der Waals surface area contributed by atoms with E-state index in [-0.39, 0.29) is 0 Å². The van der Waals surface area contributed by atoms with E-state index in [4.69, 9.17) is 4.42 Å². The lowest BCUT2D eigenvalue weighted by Crippen LogP contribution is -1.93. The van der Waals surface area contributed by atoms with Crippen molar-refractivity contribution < 1.29 is 13.9 Å². The smallest absolute Gasteiger partial charge is 0.330 e. The molecule has 2 heterocycles. The second-order valence-corrected chi connectivity index (χ2v) is 4.33. The lowest BCUT2D eigenvalue weighted by molar-refractivity contribution is -0.134. The number of ether oxygens (including phenoxy) is 1. The number of aromatic nitrogens is 2. The summed E-state index contributed by atoms with van der Waals surface area (Å²) in [5.41, 5.74) is 2.73. The van der Waals surface area contributed by atoms with E-state index in [1.165, 1.54) is 13.2 Å². The van der Waals surface area contributed by atoms with Crippen LogP contribution >= 0.6 is 0 Å². The van der Waals surface area contributed by atoms with Crippen molar-refractivity contribution in [3.63, 3.8) is 0 Å². The molecule has 0 atom stereocenters. The number of fused-ring (bicyclic) bond motifs is 1. The van der Waals surface area contributed by atoms with E-state index in [9.17, 15) is 4.79 Å². The Morgan fingerprint density at radius 2 is 2.10 bits per heavy atom. The van der Waals surface area contributed by atoms with Gasteiger partial charge < -0.3 is 9.15 Å². The number of carbonyl (C=O) groups is 1. The molecule has 5 nitrogen and oxygen atoms in total. The third kappa shape index (κ3) is 2.81. The number of pyridine rings is 1. The fourth-order valence-corrected chi connectivity index (χ4v) is 1.86. The number of carbonyl (C=O) groups excluding carboxylic acids is 1. The van der Waals surface area contributed by atoms with Gasteiger partial charge in [-0.15, -0.1) is 0 Å². The minimum Gasteiger partial charge on any atom is -0.466 e.